The second-order valence-electron chi connectivity index (χ2n) is 11.4. The lowest BCUT2D eigenvalue weighted by Crippen LogP contribution is -2.30. The molecule has 0 bridgehead atoms. The summed E-state index contributed by atoms with van der Waals surface area (Å²) in [5.41, 5.74) is 3.55. The molecule has 1 aliphatic carbocycles. The lowest BCUT2D eigenvalue weighted by Gasteiger charge is -2.19. The number of fused-ring (bicyclic) bond motifs is 2. The number of hydrogen-bond donors (Lipinski definition) is 0. The van der Waals surface area contributed by atoms with E-state index in [4.69, 9.17) is 21.3 Å². The van der Waals surface area contributed by atoms with Crippen molar-refractivity contribution in [3.05, 3.63) is 95.3 Å². The highest BCUT2D eigenvalue weighted by Crippen LogP contribution is 2.40. The largest absolute Gasteiger partial charge is 0.450 e. The van der Waals surface area contributed by atoms with Gasteiger partial charge in [0.1, 0.15) is 5.82 Å². The van der Waals surface area contributed by atoms with E-state index in [0.29, 0.717) is 27.8 Å². The van der Waals surface area contributed by atoms with Crippen LogP contribution in [0.15, 0.2) is 72.8 Å². The number of ether oxygens (including phenoxy) is 1. The Kier molecular flexibility index (Phi) is 8.27. The molecule has 2 aliphatic rings. The van der Waals surface area contributed by atoms with Gasteiger partial charge in [0.25, 0.3) is 0 Å². The summed E-state index contributed by atoms with van der Waals surface area (Å²) in [6.07, 6.45) is 2.31. The first kappa shape index (κ1) is 29.6. The monoisotopic (exact) mass is 612 g/mol. The number of aromatic nitrogens is 1. The molecular weight excluding hydrogens is 583 g/mol. The molecule has 2 fully saturated rings. The van der Waals surface area contributed by atoms with E-state index in [-0.39, 0.29) is 47.1 Å². The smallest absolute Gasteiger partial charge is 0.339 e. The normalized spacial score (nSPS) is 18.8. The number of benzene rings is 3. The summed E-state index contributed by atoms with van der Waals surface area (Å²) < 4.78 is 19.2. The maximum atomic E-state index is 13.7. The maximum Gasteiger partial charge on any atom is 0.339 e. The molecule has 7 nitrogen and oxygen atoms in total. The summed E-state index contributed by atoms with van der Waals surface area (Å²) in [5.74, 6) is -2.37. The predicted octanol–water partition coefficient (Wildman–Crippen LogP) is 7.07. The molecule has 0 N–H and O–H groups in total. The zero-order chi connectivity index (χ0) is 31.0. The fourth-order valence-corrected chi connectivity index (χ4v) is 6.39. The van der Waals surface area contributed by atoms with Crippen LogP contribution in [-0.4, -0.2) is 40.5 Å². The van der Waals surface area contributed by atoms with Gasteiger partial charge in [-0.2, -0.15) is 0 Å². The summed E-state index contributed by atoms with van der Waals surface area (Å²) in [6.45, 7) is 1.90. The van der Waals surface area contributed by atoms with Crippen molar-refractivity contribution in [2.75, 3.05) is 10.8 Å². The Morgan fingerprint density at radius 1 is 0.955 bits per heavy atom. The summed E-state index contributed by atoms with van der Waals surface area (Å²) in [7, 11) is 0. The van der Waals surface area contributed by atoms with Crippen LogP contribution in [0.3, 0.4) is 0 Å². The van der Waals surface area contributed by atoms with Crippen LogP contribution in [0.25, 0.3) is 22.2 Å². The van der Waals surface area contributed by atoms with Gasteiger partial charge in [0, 0.05) is 28.8 Å². The number of anilines is 1. The minimum atomic E-state index is -1.17. The minimum Gasteiger partial charge on any atom is -0.450 e. The second-order valence-corrected chi connectivity index (χ2v) is 11.8. The molecule has 0 radical (unpaired) electrons. The van der Waals surface area contributed by atoms with E-state index >= 15 is 0 Å². The molecule has 44 heavy (non-hydrogen) atoms. The average Bonchev–Trinajstić information content (AvgIpc) is 3.29. The third-order valence-electron chi connectivity index (χ3n) is 8.49. The molecule has 9 heteroatoms. The molecule has 1 aliphatic heterocycles. The second kappa shape index (κ2) is 12.3. The van der Waals surface area contributed by atoms with Crippen molar-refractivity contribution in [2.45, 2.75) is 45.1 Å². The van der Waals surface area contributed by atoms with Crippen molar-refractivity contribution >= 4 is 51.8 Å². The molecule has 1 saturated heterocycles. The standard InChI is InChI=1S/C35H30ClFN2O5/c1-20-6-15-29-27(18-20)28(35(43)44-31(16-17-36)32(40)22-7-11-23(37)12-8-22)19-30(38-29)21-9-13-24(14-10-21)39-33(41)25-4-2-3-5-26(25)34(39)42/h6-15,18-19,25-26,31H,2-5,16-17H2,1H3. The molecule has 0 spiro atoms. The first-order valence-electron chi connectivity index (χ1n) is 14.7. The minimum absolute atomic E-state index is 0.0716. The van der Waals surface area contributed by atoms with Crippen LogP contribution < -0.4 is 4.90 Å². The van der Waals surface area contributed by atoms with Crippen molar-refractivity contribution in [2.24, 2.45) is 11.8 Å². The quantitative estimate of drug-likeness (QED) is 0.0915. The lowest BCUT2D eigenvalue weighted by molar-refractivity contribution is -0.122. The van der Waals surface area contributed by atoms with E-state index in [0.717, 1.165) is 31.2 Å². The molecule has 3 aromatic carbocycles. The number of carbonyl (C=O) groups excluding carboxylic acids is 4. The number of amides is 2. The molecular formula is C35H30ClFN2O5. The average molecular weight is 613 g/mol. The van der Waals surface area contributed by atoms with Crippen LogP contribution in [0.4, 0.5) is 10.1 Å². The van der Waals surface area contributed by atoms with Gasteiger partial charge in [-0.25, -0.2) is 14.2 Å². The number of esters is 1. The van der Waals surface area contributed by atoms with Gasteiger partial charge in [-0.05, 0) is 74.4 Å². The van der Waals surface area contributed by atoms with Crippen LogP contribution in [0.1, 0.15) is 58.4 Å². The molecule has 1 saturated carbocycles. The molecule has 2 amide bonds. The molecule has 1 aromatic heterocycles. The van der Waals surface area contributed by atoms with E-state index in [1.54, 1.807) is 30.3 Å². The fraction of sp³-hybridized carbons (Fsp3) is 0.286. The van der Waals surface area contributed by atoms with Gasteiger partial charge in [-0.15, -0.1) is 11.6 Å². The zero-order valence-electron chi connectivity index (χ0n) is 24.1. The zero-order valence-corrected chi connectivity index (χ0v) is 24.9. The molecule has 4 aromatic rings. The van der Waals surface area contributed by atoms with E-state index in [9.17, 15) is 23.6 Å². The number of halogens is 2. The van der Waals surface area contributed by atoms with Crippen LogP contribution in [0, 0.1) is 24.6 Å². The lowest BCUT2D eigenvalue weighted by atomic mass is 9.81. The predicted molar refractivity (Wildman–Crippen MR) is 165 cm³/mol. The van der Waals surface area contributed by atoms with Gasteiger partial charge in [0.2, 0.25) is 17.6 Å². The topological polar surface area (TPSA) is 93.6 Å². The van der Waals surface area contributed by atoms with Crippen molar-refractivity contribution in [1.29, 1.82) is 0 Å². The molecule has 3 atom stereocenters. The Morgan fingerprint density at radius 3 is 2.25 bits per heavy atom. The number of carbonyl (C=O) groups is 4. The van der Waals surface area contributed by atoms with Crippen molar-refractivity contribution in [3.8, 4) is 11.3 Å². The number of pyridine rings is 1. The van der Waals surface area contributed by atoms with Crippen LogP contribution in [-0.2, 0) is 14.3 Å². The van der Waals surface area contributed by atoms with E-state index < -0.39 is 23.7 Å². The summed E-state index contributed by atoms with van der Waals surface area (Å²) >= 11 is 5.96. The highest BCUT2D eigenvalue weighted by atomic mass is 35.5. The highest BCUT2D eigenvalue weighted by Gasteiger charge is 2.48. The van der Waals surface area contributed by atoms with Gasteiger partial charge < -0.3 is 4.74 Å². The maximum absolute atomic E-state index is 13.7. The number of nitrogens with zero attached hydrogens (tertiary/aromatic N) is 2. The molecule has 3 unspecified atom stereocenters. The Bertz CT molecular complexity index is 1750. The summed E-state index contributed by atoms with van der Waals surface area (Å²) in [4.78, 5) is 59.1. The Labute approximate surface area is 259 Å². The van der Waals surface area contributed by atoms with E-state index in [1.807, 2.05) is 25.1 Å². The van der Waals surface area contributed by atoms with Crippen molar-refractivity contribution < 1.29 is 28.3 Å². The summed E-state index contributed by atoms with van der Waals surface area (Å²) in [6, 6.07) is 19.1. The fourth-order valence-electron chi connectivity index (χ4n) is 6.19. The number of ketones is 1. The van der Waals surface area contributed by atoms with Crippen molar-refractivity contribution in [3.63, 3.8) is 0 Å². The van der Waals surface area contributed by atoms with Crippen molar-refractivity contribution in [1.82, 2.24) is 4.98 Å². The first-order valence-corrected chi connectivity index (χ1v) is 15.2. The van der Waals surface area contributed by atoms with Gasteiger partial charge in [-0.1, -0.05) is 36.6 Å². The third kappa shape index (κ3) is 5.62. The van der Waals surface area contributed by atoms with Gasteiger partial charge >= 0.3 is 5.97 Å². The number of Topliss-reactive ketones (excluding diaryl/α,β-unsaturated/α-hetero) is 1. The number of rotatable bonds is 8. The summed E-state index contributed by atoms with van der Waals surface area (Å²) in [5, 5.41) is 0.560. The number of aryl methyl sites for hydroxylation is 1. The molecule has 224 valence electrons. The van der Waals surface area contributed by atoms with Gasteiger partial charge in [-0.3, -0.25) is 19.3 Å². The third-order valence-corrected chi connectivity index (χ3v) is 8.71. The number of imide groups is 1. The SMILES string of the molecule is Cc1ccc2nc(-c3ccc(N4C(=O)C5CCCCC5C4=O)cc3)cc(C(=O)OC(CCCl)C(=O)c3ccc(F)cc3)c2c1. The highest BCUT2D eigenvalue weighted by molar-refractivity contribution is 6.22. The van der Waals surface area contributed by atoms with Crippen LogP contribution >= 0.6 is 11.6 Å². The Balaban J connectivity index is 1.31. The molecule has 2 heterocycles. The number of alkyl halides is 1. The molecule has 6 rings (SSSR count). The number of hydrogen-bond acceptors (Lipinski definition) is 6. The van der Waals surface area contributed by atoms with Crippen LogP contribution in [0.2, 0.25) is 0 Å². The van der Waals surface area contributed by atoms with E-state index in [2.05, 4.69) is 0 Å². The van der Waals surface area contributed by atoms with Gasteiger partial charge in [0.05, 0.1) is 34.3 Å². The Morgan fingerprint density at radius 2 is 1.61 bits per heavy atom. The van der Waals surface area contributed by atoms with Crippen LogP contribution in [0.5, 0.6) is 0 Å². The van der Waals surface area contributed by atoms with E-state index in [1.165, 1.54) is 29.2 Å². The first-order chi connectivity index (χ1) is 21.2. The Hall–Kier alpha value is -4.43. The van der Waals surface area contributed by atoms with Gasteiger partial charge in [0.15, 0.2) is 6.10 Å².